The van der Waals surface area contributed by atoms with Gasteiger partial charge in [0.2, 0.25) is 0 Å². The van der Waals surface area contributed by atoms with E-state index in [0.717, 1.165) is 34.2 Å². The normalized spacial score (nSPS) is 13.3. The van der Waals surface area contributed by atoms with Gasteiger partial charge in [-0.2, -0.15) is 0 Å². The zero-order chi connectivity index (χ0) is 20.6. The Balaban J connectivity index is 1.08. The second-order valence-electron chi connectivity index (χ2n) is 8.37. The lowest BCUT2D eigenvalue weighted by Crippen LogP contribution is -2.08. The molecule has 0 fully saturated rings. The molecule has 0 heterocycles. The summed E-state index contributed by atoms with van der Waals surface area (Å²) in [6.07, 6.45) is 4.82. The summed E-state index contributed by atoms with van der Waals surface area (Å²) in [5.41, 5.74) is 10.3. The van der Waals surface area contributed by atoms with Crippen LogP contribution >= 0.6 is 0 Å². The van der Waals surface area contributed by atoms with Crippen LogP contribution in [-0.4, -0.2) is 0 Å². The Hall–Kier alpha value is -3.72. The van der Waals surface area contributed by atoms with E-state index >= 15 is 0 Å². The minimum absolute atomic E-state index is 0.825. The van der Waals surface area contributed by atoms with Gasteiger partial charge in [0.25, 0.3) is 0 Å². The van der Waals surface area contributed by atoms with Crippen molar-refractivity contribution < 1.29 is 4.74 Å². The van der Waals surface area contributed by atoms with Gasteiger partial charge in [-0.1, -0.05) is 12.1 Å². The fourth-order valence-corrected chi connectivity index (χ4v) is 4.23. The number of aryl methyl sites for hydroxylation is 4. The molecule has 0 aromatic heterocycles. The molecular weight excluding hydrogens is 380 g/mol. The van der Waals surface area contributed by atoms with Crippen molar-refractivity contribution in [2.45, 2.75) is 25.7 Å². The summed E-state index contributed by atoms with van der Waals surface area (Å²) in [6.45, 7) is 0. The minimum Gasteiger partial charge on any atom is -0.457 e. The van der Waals surface area contributed by atoms with Crippen LogP contribution in [0.1, 0.15) is 22.3 Å². The van der Waals surface area contributed by atoms with Crippen LogP contribution in [0.15, 0.2) is 84.9 Å². The summed E-state index contributed by atoms with van der Waals surface area (Å²) < 4.78 is 6.02. The molecule has 2 N–H and O–H groups in total. The van der Waals surface area contributed by atoms with Crippen LogP contribution in [0.4, 0.5) is 22.7 Å². The van der Waals surface area contributed by atoms with Crippen molar-refractivity contribution in [1.29, 1.82) is 0 Å². The van der Waals surface area contributed by atoms with Gasteiger partial charge in [0.05, 0.1) is 0 Å². The van der Waals surface area contributed by atoms with Gasteiger partial charge in [0.1, 0.15) is 11.5 Å². The van der Waals surface area contributed by atoms with E-state index in [4.69, 9.17) is 4.74 Å². The number of anilines is 4. The van der Waals surface area contributed by atoms with Crippen LogP contribution in [0, 0.1) is 0 Å². The van der Waals surface area contributed by atoms with E-state index in [1.807, 2.05) is 24.3 Å². The molecule has 0 aliphatic heterocycles. The van der Waals surface area contributed by atoms with Crippen LogP contribution < -0.4 is 15.4 Å². The molecule has 2 aliphatic rings. The molecule has 0 bridgehead atoms. The Labute approximate surface area is 182 Å². The van der Waals surface area contributed by atoms with Crippen molar-refractivity contribution in [2.75, 3.05) is 10.6 Å². The maximum absolute atomic E-state index is 6.02. The summed E-state index contributed by atoms with van der Waals surface area (Å²) >= 11 is 0. The molecule has 0 saturated carbocycles. The van der Waals surface area contributed by atoms with Crippen molar-refractivity contribution in [3.05, 3.63) is 107 Å². The lowest BCUT2D eigenvalue weighted by Gasteiger charge is -2.20. The lowest BCUT2D eigenvalue weighted by molar-refractivity contribution is 0.483. The van der Waals surface area contributed by atoms with Crippen LogP contribution in [0.3, 0.4) is 0 Å². The largest absolute Gasteiger partial charge is 0.457 e. The van der Waals surface area contributed by atoms with Gasteiger partial charge < -0.3 is 15.4 Å². The Morgan fingerprint density at radius 3 is 1.16 bits per heavy atom. The number of fused-ring (bicyclic) bond motifs is 2. The molecule has 0 spiro atoms. The summed E-state index contributed by atoms with van der Waals surface area (Å²) in [4.78, 5) is 0. The monoisotopic (exact) mass is 404 g/mol. The van der Waals surface area contributed by atoms with E-state index in [0.29, 0.717) is 0 Å². The molecule has 6 rings (SSSR count). The highest BCUT2D eigenvalue weighted by molar-refractivity contribution is 5.64. The van der Waals surface area contributed by atoms with Crippen molar-refractivity contribution in [1.82, 2.24) is 0 Å². The maximum atomic E-state index is 6.02. The molecule has 0 amide bonds. The van der Waals surface area contributed by atoms with Crippen molar-refractivity contribution >= 4 is 22.7 Å². The van der Waals surface area contributed by atoms with Crippen LogP contribution in [0.2, 0.25) is 0 Å². The van der Waals surface area contributed by atoms with Gasteiger partial charge in [0.15, 0.2) is 0 Å². The van der Waals surface area contributed by atoms with E-state index in [9.17, 15) is 0 Å². The lowest BCUT2D eigenvalue weighted by atomic mass is 9.88. The fraction of sp³-hybridized carbons (Fsp3) is 0.143. The number of hydrogen-bond donors (Lipinski definition) is 2. The quantitative estimate of drug-likeness (QED) is 0.358. The van der Waals surface area contributed by atoms with E-state index in [1.165, 1.54) is 47.9 Å². The van der Waals surface area contributed by atoms with Crippen LogP contribution in [0.25, 0.3) is 0 Å². The van der Waals surface area contributed by atoms with Crippen molar-refractivity contribution in [3.8, 4) is 11.5 Å². The Bertz CT molecular complexity index is 1140. The van der Waals surface area contributed by atoms with Gasteiger partial charge in [-0.25, -0.2) is 0 Å². The first-order valence-electron chi connectivity index (χ1n) is 10.9. The molecule has 0 atom stereocenters. The number of rotatable bonds is 6. The van der Waals surface area contributed by atoms with Crippen molar-refractivity contribution in [2.24, 2.45) is 0 Å². The average Bonchev–Trinajstić information content (AvgIpc) is 2.75. The average molecular weight is 405 g/mol. The van der Waals surface area contributed by atoms with Crippen molar-refractivity contribution in [3.63, 3.8) is 0 Å². The molecule has 3 heteroatoms. The Morgan fingerprint density at radius 1 is 0.419 bits per heavy atom. The molecule has 152 valence electrons. The Morgan fingerprint density at radius 2 is 0.806 bits per heavy atom. The minimum atomic E-state index is 0.825. The van der Waals surface area contributed by atoms with Gasteiger partial charge in [-0.3, -0.25) is 0 Å². The highest BCUT2D eigenvalue weighted by Crippen LogP contribution is 2.30. The second-order valence-corrected chi connectivity index (χ2v) is 8.37. The first-order valence-corrected chi connectivity index (χ1v) is 10.9. The Kier molecular flexibility index (Phi) is 4.38. The number of nitrogens with one attached hydrogen (secondary N) is 2. The molecule has 31 heavy (non-hydrogen) atoms. The molecule has 4 aromatic carbocycles. The van der Waals surface area contributed by atoms with Gasteiger partial charge in [-0.15, -0.1) is 0 Å². The smallest absolute Gasteiger partial charge is 0.127 e. The van der Waals surface area contributed by atoms with E-state index in [1.54, 1.807) is 0 Å². The first kappa shape index (κ1) is 18.1. The molecule has 4 aromatic rings. The van der Waals surface area contributed by atoms with Gasteiger partial charge in [-0.05, 0) is 121 Å². The topological polar surface area (TPSA) is 33.3 Å². The predicted molar refractivity (Wildman–Crippen MR) is 127 cm³/mol. The number of benzene rings is 4. The molecular formula is C28H24N2O. The highest BCUT2D eigenvalue weighted by atomic mass is 16.5. The third-order valence-corrected chi connectivity index (χ3v) is 6.26. The summed E-state index contributed by atoms with van der Waals surface area (Å²) in [5.74, 6) is 1.65. The van der Waals surface area contributed by atoms with Crippen LogP contribution in [-0.2, 0) is 25.7 Å². The highest BCUT2D eigenvalue weighted by Gasteiger charge is 2.13. The summed E-state index contributed by atoms with van der Waals surface area (Å²) in [7, 11) is 0. The zero-order valence-electron chi connectivity index (χ0n) is 17.3. The number of hydrogen-bond acceptors (Lipinski definition) is 3. The maximum Gasteiger partial charge on any atom is 0.127 e. The molecule has 2 aliphatic carbocycles. The predicted octanol–water partition coefficient (Wildman–Crippen LogP) is 7.16. The molecule has 0 unspecified atom stereocenters. The van der Waals surface area contributed by atoms with Gasteiger partial charge >= 0.3 is 0 Å². The molecule has 3 nitrogen and oxygen atoms in total. The van der Waals surface area contributed by atoms with Gasteiger partial charge in [0, 0.05) is 22.7 Å². The second kappa shape index (κ2) is 7.51. The van der Waals surface area contributed by atoms with Crippen LogP contribution in [0.5, 0.6) is 11.5 Å². The van der Waals surface area contributed by atoms with E-state index < -0.39 is 0 Å². The molecule has 0 saturated heterocycles. The number of ether oxygens (including phenoxy) is 1. The fourth-order valence-electron chi connectivity index (χ4n) is 4.23. The third kappa shape index (κ3) is 3.75. The SMILES string of the molecule is c1cc(Oc2ccc(Nc3ccc4c(c3)CC4)cc2)ccc1Nc1ccc2c(c1)CC2. The third-order valence-electron chi connectivity index (χ3n) is 6.26. The zero-order valence-corrected chi connectivity index (χ0v) is 17.3. The van der Waals surface area contributed by atoms with E-state index in [-0.39, 0.29) is 0 Å². The first-order chi connectivity index (χ1) is 15.3. The summed E-state index contributed by atoms with van der Waals surface area (Å²) in [5, 5.41) is 6.95. The molecule has 0 radical (unpaired) electrons. The summed E-state index contributed by atoms with van der Waals surface area (Å²) in [6, 6.07) is 29.4. The standard InChI is InChI=1S/C28H24N2O/c1-3-21-17-25(7-5-19(1)21)29-23-9-13-27(14-10-23)31-28-15-11-24(12-16-28)30-26-8-6-20-2-4-22(20)18-26/h5-18,29-30H,1-4H2. The van der Waals surface area contributed by atoms with E-state index in [2.05, 4.69) is 71.3 Å².